The standard InChI is InChI=1S/C33H37ClN10O8S2/c1-33(2,31(50)51)52-39-24(27-36-32(35)54-40-27)22(47)11-19-29(49)43-25(28-37-41-42-38-28)15(13-53-30(19)43)12-44(3)16-4-5-17(44)9-14(8-16)10-21(46)18-6-7-20(45)26(48)23(18)34/h6-7,14,16-17,19,30H,4-5,8-13H2,1-3H3,(H5-,35,36,37,38,39,40,41,42,45,46,47,48,50,51)/p+1/t14?,16-,17+,19-,30-,44?/m1/s1. The van der Waals surface area contributed by atoms with Gasteiger partial charge in [0.1, 0.15) is 6.54 Å². The summed E-state index contributed by atoms with van der Waals surface area (Å²) in [4.78, 5) is 63.4. The summed E-state index contributed by atoms with van der Waals surface area (Å²) in [7, 11) is 2.22. The predicted octanol–water partition coefficient (Wildman–Crippen LogP) is 2.84. The number of benzene rings is 1. The lowest BCUT2D eigenvalue weighted by molar-refractivity contribution is -0.945. The van der Waals surface area contributed by atoms with Gasteiger partial charge >= 0.3 is 5.97 Å². The number of hydrogen-bond acceptors (Lipinski definition) is 16. The maximum atomic E-state index is 14.0. The predicted molar refractivity (Wildman–Crippen MR) is 195 cm³/mol. The summed E-state index contributed by atoms with van der Waals surface area (Å²) in [5, 5.41) is 47.4. The highest BCUT2D eigenvalue weighted by Gasteiger charge is 2.57. The average Bonchev–Trinajstić information content (AvgIpc) is 3.84. The molecule has 4 aliphatic rings. The second-order valence-electron chi connectivity index (χ2n) is 14.8. The first-order chi connectivity index (χ1) is 25.6. The number of H-pyrrole nitrogens is 1. The first kappa shape index (κ1) is 37.6. The van der Waals surface area contributed by atoms with Gasteiger partial charge in [-0.25, -0.2) is 4.79 Å². The summed E-state index contributed by atoms with van der Waals surface area (Å²) in [6.07, 6.45) is 3.60. The van der Waals surface area contributed by atoms with Crippen molar-refractivity contribution in [1.29, 1.82) is 0 Å². The Labute approximate surface area is 321 Å². The van der Waals surface area contributed by atoms with E-state index in [9.17, 15) is 34.5 Å². The molecule has 4 aliphatic heterocycles. The Hall–Kier alpha value is -4.66. The number of thioether (sulfide) groups is 1. The van der Waals surface area contributed by atoms with E-state index in [1.165, 1.54) is 37.7 Å². The van der Waals surface area contributed by atoms with Crippen LogP contribution in [0.4, 0.5) is 5.13 Å². The third-order valence-electron chi connectivity index (χ3n) is 11.0. The van der Waals surface area contributed by atoms with Crippen molar-refractivity contribution in [2.24, 2.45) is 17.0 Å². The zero-order valence-corrected chi connectivity index (χ0v) is 31.8. The number of quaternary nitrogens is 1. The molecule has 6 N–H and O–H groups in total. The highest BCUT2D eigenvalue weighted by atomic mass is 35.5. The number of fused-ring (bicyclic) bond motifs is 3. The van der Waals surface area contributed by atoms with Crippen LogP contribution in [0.15, 0.2) is 22.9 Å². The molecule has 1 aromatic carbocycles. The van der Waals surface area contributed by atoms with Crippen LogP contribution >= 0.6 is 34.9 Å². The number of carbonyl (C=O) groups excluding carboxylic acids is 3. The van der Waals surface area contributed by atoms with Crippen molar-refractivity contribution in [3.8, 4) is 11.5 Å². The highest BCUT2D eigenvalue weighted by Crippen LogP contribution is 2.51. The van der Waals surface area contributed by atoms with E-state index >= 15 is 0 Å². The minimum absolute atomic E-state index is 0.0711. The molecule has 2 bridgehead atoms. The molecule has 1 amide bonds. The molecule has 0 spiro atoms. The molecule has 6 atom stereocenters. The number of aromatic hydroxyl groups is 2. The number of nitrogens with two attached hydrogens (primary N) is 1. The number of aliphatic carboxylic acids is 1. The van der Waals surface area contributed by atoms with Gasteiger partial charge in [-0.05, 0) is 37.1 Å². The maximum absolute atomic E-state index is 14.0. The lowest BCUT2D eigenvalue weighted by Gasteiger charge is -2.52. The quantitative estimate of drug-likeness (QED) is 0.0416. The molecule has 54 heavy (non-hydrogen) atoms. The van der Waals surface area contributed by atoms with Crippen molar-refractivity contribution in [2.75, 3.05) is 25.1 Å². The van der Waals surface area contributed by atoms with Gasteiger partial charge in [-0.3, -0.25) is 19.3 Å². The van der Waals surface area contributed by atoms with Crippen molar-refractivity contribution in [1.82, 2.24) is 34.9 Å². The number of β-lactam (4-membered cyclic amide) rings is 1. The first-order valence-electron chi connectivity index (χ1n) is 17.2. The number of nitrogens with zero attached hydrogens (tertiary/aromatic N) is 8. The van der Waals surface area contributed by atoms with Crippen molar-refractivity contribution >= 4 is 74.9 Å². The lowest BCUT2D eigenvalue weighted by Crippen LogP contribution is -2.62. The maximum Gasteiger partial charge on any atom is 0.350 e. The Kier molecular flexibility index (Phi) is 9.90. The van der Waals surface area contributed by atoms with E-state index in [1.54, 1.807) is 4.90 Å². The largest absolute Gasteiger partial charge is 0.504 e. The zero-order chi connectivity index (χ0) is 38.7. The fourth-order valence-corrected chi connectivity index (χ4v) is 10.2. The van der Waals surface area contributed by atoms with Crippen LogP contribution < -0.4 is 5.73 Å². The van der Waals surface area contributed by atoms with E-state index in [2.05, 4.69) is 42.2 Å². The van der Waals surface area contributed by atoms with E-state index in [0.717, 1.165) is 47.3 Å². The van der Waals surface area contributed by atoms with Crippen molar-refractivity contribution in [3.63, 3.8) is 0 Å². The van der Waals surface area contributed by atoms with E-state index in [1.807, 2.05) is 0 Å². The number of nitrogens with one attached hydrogen (secondary N) is 1. The van der Waals surface area contributed by atoms with Crippen LogP contribution in [0.2, 0.25) is 5.02 Å². The number of carboxylic acids is 1. The summed E-state index contributed by atoms with van der Waals surface area (Å²) >= 11 is 8.57. The number of likely N-dealkylation sites (N-methyl/N-ethyl adjacent to an activating group) is 1. The van der Waals surface area contributed by atoms with E-state index in [0.29, 0.717) is 18.0 Å². The van der Waals surface area contributed by atoms with Crippen LogP contribution in [0.3, 0.4) is 0 Å². The number of phenolic OH excluding ortho intramolecular Hbond substituents is 2. The van der Waals surface area contributed by atoms with Gasteiger partial charge in [0.05, 0.1) is 41.1 Å². The third-order valence-corrected chi connectivity index (χ3v) is 13.4. The van der Waals surface area contributed by atoms with Gasteiger partial charge in [-0.2, -0.15) is 14.6 Å². The number of rotatable bonds is 13. The van der Waals surface area contributed by atoms with E-state index in [4.69, 9.17) is 22.2 Å². The topological polar surface area (TPSA) is 260 Å². The SMILES string of the molecule is CC(C)(O/N=C(\C(=O)C[C@@H]1C(=O)N2C(c3nn[nH]n3)=C(C[N+]3(C)[C@@H]4CC[C@H]3CC(CC(=O)c3ccc(O)c(O)c3Cl)C4)CS[C@H]12)c1nsc(N)n1)C(=O)O. The second kappa shape index (κ2) is 14.2. The molecule has 3 saturated heterocycles. The normalized spacial score (nSPS) is 26.7. The summed E-state index contributed by atoms with van der Waals surface area (Å²) in [5.41, 5.74) is 5.39. The number of ketones is 2. The van der Waals surface area contributed by atoms with Gasteiger partial charge in [0, 0.05) is 66.9 Å². The average molecular weight is 802 g/mol. The number of hydrogen-bond donors (Lipinski definition) is 5. The Morgan fingerprint density at radius 1 is 1.19 bits per heavy atom. The summed E-state index contributed by atoms with van der Waals surface area (Å²) in [6, 6.07) is 3.21. The minimum Gasteiger partial charge on any atom is -0.504 e. The molecule has 6 heterocycles. The fraction of sp³-hybridized carbons (Fsp3) is 0.515. The number of aromatic amines is 1. The first-order valence-corrected chi connectivity index (χ1v) is 19.4. The molecule has 2 aromatic heterocycles. The second-order valence-corrected chi connectivity index (χ2v) is 17.0. The third kappa shape index (κ3) is 6.68. The Morgan fingerprint density at radius 3 is 2.54 bits per heavy atom. The van der Waals surface area contributed by atoms with E-state index < -0.39 is 34.4 Å². The van der Waals surface area contributed by atoms with E-state index in [-0.39, 0.29) is 81.4 Å². The molecule has 2 unspecified atom stereocenters. The monoisotopic (exact) mass is 801 g/mol. The van der Waals surface area contributed by atoms with Gasteiger partial charge in [-0.15, -0.1) is 22.0 Å². The molecule has 0 saturated carbocycles. The summed E-state index contributed by atoms with van der Waals surface area (Å²) in [6.45, 7) is 3.17. The van der Waals surface area contributed by atoms with Crippen molar-refractivity contribution < 1.29 is 43.8 Å². The number of tetrazole rings is 1. The zero-order valence-electron chi connectivity index (χ0n) is 29.4. The molecule has 0 aliphatic carbocycles. The number of oxime groups is 1. The number of amides is 1. The Balaban J connectivity index is 1.08. The summed E-state index contributed by atoms with van der Waals surface area (Å²) in [5.74, 6) is -3.21. The van der Waals surface area contributed by atoms with Crippen LogP contribution in [0.25, 0.3) is 5.70 Å². The number of halogens is 1. The molecule has 3 aromatic rings. The lowest BCUT2D eigenvalue weighted by atomic mass is 9.83. The van der Waals surface area contributed by atoms with Crippen molar-refractivity contribution in [3.05, 3.63) is 39.9 Å². The molecule has 3 fully saturated rings. The number of anilines is 1. The van der Waals surface area contributed by atoms with Crippen LogP contribution in [0.1, 0.15) is 74.4 Å². The Bertz CT molecular complexity index is 2080. The number of Topliss-reactive ketones (excluding diaryl/α,β-unsaturated/α-hetero) is 2. The van der Waals surface area contributed by atoms with Crippen LogP contribution in [0, 0.1) is 11.8 Å². The number of nitrogen functional groups attached to an aromatic ring is 1. The molecular formula is C33H38ClN10O8S2+. The van der Waals surface area contributed by atoms with Gasteiger partial charge < -0.3 is 30.4 Å². The highest BCUT2D eigenvalue weighted by molar-refractivity contribution is 8.00. The van der Waals surface area contributed by atoms with Crippen LogP contribution in [-0.2, 0) is 19.2 Å². The number of aromatic nitrogens is 6. The number of carboxylic acid groups (broad SMARTS) is 1. The molecule has 286 valence electrons. The molecule has 7 rings (SSSR count). The Morgan fingerprint density at radius 2 is 1.91 bits per heavy atom. The van der Waals surface area contributed by atoms with Gasteiger partial charge in [-0.1, -0.05) is 16.8 Å². The number of piperidine rings is 1. The summed E-state index contributed by atoms with van der Waals surface area (Å²) < 4.78 is 4.79. The minimum atomic E-state index is -1.76. The molecular weight excluding hydrogens is 764 g/mol. The fourth-order valence-electron chi connectivity index (χ4n) is 8.09. The molecule has 0 radical (unpaired) electrons. The number of carbonyl (C=O) groups is 4. The van der Waals surface area contributed by atoms with Gasteiger partial charge in [0.2, 0.25) is 23.2 Å². The van der Waals surface area contributed by atoms with Gasteiger partial charge in [0.25, 0.3) is 0 Å². The van der Waals surface area contributed by atoms with Crippen molar-refractivity contribution in [2.45, 2.75) is 75.4 Å². The molecule has 18 nitrogen and oxygen atoms in total. The van der Waals surface area contributed by atoms with Gasteiger partial charge in [0.15, 0.2) is 33.9 Å². The smallest absolute Gasteiger partial charge is 0.350 e. The number of phenols is 2. The van der Waals surface area contributed by atoms with Crippen LogP contribution in [0.5, 0.6) is 11.5 Å². The molecule has 21 heteroatoms. The van der Waals surface area contributed by atoms with Crippen LogP contribution in [-0.4, -0.2) is 126 Å².